The first-order chi connectivity index (χ1) is 16.9. The summed E-state index contributed by atoms with van der Waals surface area (Å²) in [5, 5.41) is 2.59. The van der Waals surface area contributed by atoms with Crippen molar-refractivity contribution in [3.8, 4) is 0 Å². The summed E-state index contributed by atoms with van der Waals surface area (Å²) in [4.78, 5) is 9.42. The second-order valence-electron chi connectivity index (χ2n) is 8.44. The average molecular weight is 580 g/mol. The molecule has 0 unspecified atom stereocenters. The Morgan fingerprint density at radius 1 is 0.559 bits per heavy atom. The van der Waals surface area contributed by atoms with E-state index in [1.807, 2.05) is 12.7 Å². The molecule has 0 spiro atoms. The zero-order valence-corrected chi connectivity index (χ0v) is 22.8. The van der Waals surface area contributed by atoms with E-state index < -0.39 is 0 Å². The second-order valence-corrected chi connectivity index (χ2v) is 13.3. The SMILES string of the molecule is c1ccc([Se]CCCCn2cnc3cc4c(cc32)ncn4CCCC[Se]c2ccccc2)cc1. The number of fused-ring (bicyclic) bond motifs is 2. The van der Waals surface area contributed by atoms with Crippen LogP contribution in [0.1, 0.15) is 25.7 Å². The number of nitrogens with zero attached hydrogens (tertiary/aromatic N) is 4. The fraction of sp³-hybridized carbons (Fsp3) is 0.286. The van der Waals surface area contributed by atoms with Crippen LogP contribution in [0.4, 0.5) is 0 Å². The van der Waals surface area contributed by atoms with Gasteiger partial charge in [-0.1, -0.05) is 0 Å². The van der Waals surface area contributed by atoms with E-state index in [1.54, 1.807) is 0 Å². The Kier molecular flexibility index (Phi) is 8.16. The van der Waals surface area contributed by atoms with E-state index in [9.17, 15) is 0 Å². The first kappa shape index (κ1) is 23.4. The van der Waals surface area contributed by atoms with Crippen molar-refractivity contribution in [3.05, 3.63) is 85.5 Å². The normalized spacial score (nSPS) is 11.5. The van der Waals surface area contributed by atoms with E-state index in [1.165, 1.54) is 56.3 Å². The van der Waals surface area contributed by atoms with Gasteiger partial charge in [0.05, 0.1) is 0 Å². The fourth-order valence-electron chi connectivity index (χ4n) is 4.15. The molecule has 3 aromatic carbocycles. The summed E-state index contributed by atoms with van der Waals surface area (Å²) < 4.78 is 7.60. The molecule has 4 nitrogen and oxygen atoms in total. The molecular weight excluding hydrogens is 550 g/mol. The van der Waals surface area contributed by atoms with Gasteiger partial charge in [0.2, 0.25) is 0 Å². The van der Waals surface area contributed by atoms with Crippen LogP contribution < -0.4 is 8.92 Å². The molecule has 0 fully saturated rings. The minimum atomic E-state index is 0.583. The molecule has 0 amide bonds. The van der Waals surface area contributed by atoms with E-state index in [2.05, 4.69) is 81.9 Å². The molecule has 0 radical (unpaired) electrons. The molecule has 0 N–H and O–H groups in total. The van der Waals surface area contributed by atoms with Crippen molar-refractivity contribution in [2.45, 2.75) is 49.4 Å². The predicted octanol–water partition coefficient (Wildman–Crippen LogP) is 4.84. The van der Waals surface area contributed by atoms with Crippen molar-refractivity contribution in [3.63, 3.8) is 0 Å². The Morgan fingerprint density at radius 2 is 1.00 bits per heavy atom. The first-order valence-corrected chi connectivity index (χ1v) is 16.2. The van der Waals surface area contributed by atoms with Gasteiger partial charge in [-0.3, -0.25) is 0 Å². The molecule has 0 aliphatic heterocycles. The molecule has 174 valence electrons. The average Bonchev–Trinajstić information content (AvgIpc) is 3.47. The maximum absolute atomic E-state index is 4.71. The number of hydrogen-bond donors (Lipinski definition) is 0. The van der Waals surface area contributed by atoms with Crippen molar-refractivity contribution < 1.29 is 0 Å². The zero-order valence-electron chi connectivity index (χ0n) is 19.3. The molecule has 5 aromatic rings. The Balaban J connectivity index is 1.13. The number of benzene rings is 3. The summed E-state index contributed by atoms with van der Waals surface area (Å²) in [6, 6.07) is 26.2. The van der Waals surface area contributed by atoms with Crippen LogP contribution in [-0.2, 0) is 13.1 Å². The van der Waals surface area contributed by atoms with Crippen LogP contribution in [0.15, 0.2) is 85.5 Å². The topological polar surface area (TPSA) is 35.6 Å². The Labute approximate surface area is 214 Å². The Morgan fingerprint density at radius 3 is 1.44 bits per heavy atom. The molecule has 0 saturated carbocycles. The number of unbranched alkanes of at least 4 members (excludes halogenated alkanes) is 2. The Hall–Kier alpha value is -2.36. The molecule has 2 heterocycles. The van der Waals surface area contributed by atoms with Crippen LogP contribution in [0, 0.1) is 0 Å². The number of rotatable bonds is 12. The van der Waals surface area contributed by atoms with Crippen LogP contribution in [0.2, 0.25) is 10.6 Å². The molecule has 2 aromatic heterocycles. The summed E-state index contributed by atoms with van der Waals surface area (Å²) in [6.07, 6.45) is 8.91. The van der Waals surface area contributed by atoms with Gasteiger partial charge in [-0.05, 0) is 0 Å². The number of imidazole rings is 2. The number of hydrogen-bond acceptors (Lipinski definition) is 2. The molecule has 0 aliphatic carbocycles. The van der Waals surface area contributed by atoms with Gasteiger partial charge >= 0.3 is 215 Å². The van der Waals surface area contributed by atoms with Gasteiger partial charge in [0.15, 0.2) is 0 Å². The van der Waals surface area contributed by atoms with Gasteiger partial charge in [-0.2, -0.15) is 0 Å². The maximum atomic E-state index is 4.71. The molecule has 5 rings (SSSR count). The molecule has 0 atom stereocenters. The Bertz CT molecular complexity index is 1210. The first-order valence-electron chi connectivity index (χ1n) is 12.0. The van der Waals surface area contributed by atoms with E-state index in [-0.39, 0.29) is 0 Å². The van der Waals surface area contributed by atoms with E-state index in [0.717, 1.165) is 24.1 Å². The quantitative estimate of drug-likeness (QED) is 0.157. The van der Waals surface area contributed by atoms with E-state index in [0.29, 0.717) is 29.9 Å². The third-order valence-electron chi connectivity index (χ3n) is 5.97. The van der Waals surface area contributed by atoms with Gasteiger partial charge in [0.25, 0.3) is 0 Å². The van der Waals surface area contributed by atoms with E-state index >= 15 is 0 Å². The van der Waals surface area contributed by atoms with Crippen LogP contribution in [-0.4, -0.2) is 49.0 Å². The monoisotopic (exact) mass is 582 g/mol. The van der Waals surface area contributed by atoms with Crippen molar-refractivity contribution in [1.29, 1.82) is 0 Å². The van der Waals surface area contributed by atoms with E-state index in [4.69, 9.17) is 9.97 Å². The van der Waals surface area contributed by atoms with Gasteiger partial charge in [0.1, 0.15) is 0 Å². The van der Waals surface area contributed by atoms with Crippen molar-refractivity contribution in [2.75, 3.05) is 0 Å². The molecular formula is C28H30N4Se2. The fourth-order valence-corrected chi connectivity index (χ4v) is 8.07. The summed E-state index contributed by atoms with van der Waals surface area (Å²) in [5.41, 5.74) is 4.57. The molecule has 6 heteroatoms. The van der Waals surface area contributed by atoms with Crippen molar-refractivity contribution in [2.24, 2.45) is 0 Å². The standard InChI is InChI=1S/C28H30N4Se2/c1-3-11-23(12-4-1)33-17-9-7-15-31-21-29-25-20-28-26(19-27(25)31)30-22-32(28)16-8-10-18-34-24-13-5-2-6-14-24/h1-6,11-14,19-22H,7-10,15-18H2. The van der Waals surface area contributed by atoms with Crippen LogP contribution in [0.25, 0.3) is 22.1 Å². The summed E-state index contributed by atoms with van der Waals surface area (Å²) in [7, 11) is 0. The van der Waals surface area contributed by atoms with Gasteiger partial charge < -0.3 is 0 Å². The summed E-state index contributed by atoms with van der Waals surface area (Å²) >= 11 is 1.17. The van der Waals surface area contributed by atoms with Gasteiger partial charge in [0, 0.05) is 0 Å². The summed E-state index contributed by atoms with van der Waals surface area (Å²) in [5.74, 6) is 0. The number of aryl methyl sites for hydroxylation is 2. The van der Waals surface area contributed by atoms with Gasteiger partial charge in [-0.25, -0.2) is 0 Å². The van der Waals surface area contributed by atoms with Crippen molar-refractivity contribution in [1.82, 2.24) is 19.1 Å². The zero-order chi connectivity index (χ0) is 23.0. The van der Waals surface area contributed by atoms with Crippen LogP contribution in [0.5, 0.6) is 0 Å². The molecule has 0 bridgehead atoms. The molecule has 34 heavy (non-hydrogen) atoms. The third-order valence-corrected chi connectivity index (χ3v) is 10.6. The number of aromatic nitrogens is 4. The minimum absolute atomic E-state index is 0.583. The van der Waals surface area contributed by atoms with Crippen LogP contribution >= 0.6 is 0 Å². The molecule has 0 aliphatic rings. The third kappa shape index (κ3) is 6.00. The van der Waals surface area contributed by atoms with Crippen molar-refractivity contribution >= 4 is 60.9 Å². The summed E-state index contributed by atoms with van der Waals surface area (Å²) in [6.45, 7) is 2.05. The van der Waals surface area contributed by atoms with Crippen LogP contribution in [0.3, 0.4) is 0 Å². The molecule has 0 saturated heterocycles. The predicted molar refractivity (Wildman–Crippen MR) is 145 cm³/mol. The van der Waals surface area contributed by atoms with Gasteiger partial charge in [-0.15, -0.1) is 0 Å². The second kappa shape index (κ2) is 11.9.